The van der Waals surface area contributed by atoms with Gasteiger partial charge < -0.3 is 25.2 Å². The minimum absolute atomic E-state index is 0.212. The lowest BCUT2D eigenvalue weighted by Crippen LogP contribution is -2.26. The van der Waals surface area contributed by atoms with Gasteiger partial charge in [-0.3, -0.25) is 0 Å². The van der Waals surface area contributed by atoms with Crippen LogP contribution in [0.25, 0.3) is 10.9 Å². The Bertz CT molecular complexity index is 950. The van der Waals surface area contributed by atoms with Gasteiger partial charge >= 0.3 is 0 Å². The van der Waals surface area contributed by atoms with Crippen LogP contribution >= 0.6 is 0 Å². The predicted octanol–water partition coefficient (Wildman–Crippen LogP) is 2.54. The second-order valence-electron chi connectivity index (χ2n) is 6.08. The van der Waals surface area contributed by atoms with Crippen molar-refractivity contribution in [1.82, 2.24) is 9.97 Å². The summed E-state index contributed by atoms with van der Waals surface area (Å²) in [4.78, 5) is 10.5. The zero-order valence-electron chi connectivity index (χ0n) is 15.3. The van der Waals surface area contributed by atoms with E-state index in [1.54, 1.807) is 50.4 Å². The number of nitrogens with zero attached hydrogens (tertiary/aromatic N) is 3. The first-order valence-electron chi connectivity index (χ1n) is 8.27. The molecule has 1 aromatic heterocycles. The Balaban J connectivity index is 1.90. The standard InChI is InChI=1S/C19H21FN4O3/c1-24(10-15(25)11-4-6-12(20)7-5-11)19-22-14-9-17(27-3)16(26-2)8-13(14)18(21)23-19/h4-9,15,25H,10H2,1-3H3,(H2,21,22,23). The molecule has 0 fully saturated rings. The Kier molecular flexibility index (Phi) is 5.27. The minimum atomic E-state index is -0.832. The third kappa shape index (κ3) is 3.85. The van der Waals surface area contributed by atoms with E-state index in [0.29, 0.717) is 39.7 Å². The average molecular weight is 372 g/mol. The topological polar surface area (TPSA) is 93.7 Å². The highest BCUT2D eigenvalue weighted by atomic mass is 19.1. The fourth-order valence-corrected chi connectivity index (χ4v) is 2.77. The number of ether oxygens (including phenoxy) is 2. The summed E-state index contributed by atoms with van der Waals surface area (Å²) in [6, 6.07) is 9.15. The van der Waals surface area contributed by atoms with Gasteiger partial charge in [-0.2, -0.15) is 4.98 Å². The molecule has 0 spiro atoms. The lowest BCUT2D eigenvalue weighted by Gasteiger charge is -2.22. The Hall–Kier alpha value is -3.13. The van der Waals surface area contributed by atoms with E-state index < -0.39 is 6.10 Å². The molecule has 3 rings (SSSR count). The van der Waals surface area contributed by atoms with Crippen LogP contribution in [0.4, 0.5) is 16.2 Å². The third-order valence-corrected chi connectivity index (χ3v) is 4.26. The van der Waals surface area contributed by atoms with Crippen molar-refractivity contribution in [1.29, 1.82) is 0 Å². The number of halogens is 1. The molecular formula is C19H21FN4O3. The second-order valence-corrected chi connectivity index (χ2v) is 6.08. The maximum absolute atomic E-state index is 13.0. The number of nitrogen functional groups attached to an aromatic ring is 1. The van der Waals surface area contributed by atoms with Gasteiger partial charge in [-0.1, -0.05) is 12.1 Å². The molecule has 142 valence electrons. The molecule has 0 radical (unpaired) electrons. The molecule has 8 heteroatoms. The number of rotatable bonds is 6. The molecule has 3 N–H and O–H groups in total. The number of aliphatic hydroxyl groups is 1. The molecule has 0 saturated heterocycles. The number of anilines is 2. The number of hydrogen-bond acceptors (Lipinski definition) is 7. The number of nitrogens with two attached hydrogens (primary N) is 1. The highest BCUT2D eigenvalue weighted by Gasteiger charge is 2.16. The summed E-state index contributed by atoms with van der Waals surface area (Å²) in [5.41, 5.74) is 7.29. The lowest BCUT2D eigenvalue weighted by molar-refractivity contribution is 0.184. The van der Waals surface area contributed by atoms with Crippen molar-refractivity contribution >= 4 is 22.7 Å². The van der Waals surface area contributed by atoms with Crippen molar-refractivity contribution in [3.8, 4) is 11.5 Å². The van der Waals surface area contributed by atoms with Crippen molar-refractivity contribution in [3.05, 3.63) is 47.8 Å². The molecule has 27 heavy (non-hydrogen) atoms. The van der Waals surface area contributed by atoms with E-state index in [4.69, 9.17) is 15.2 Å². The van der Waals surface area contributed by atoms with Crippen molar-refractivity contribution < 1.29 is 19.0 Å². The summed E-state index contributed by atoms with van der Waals surface area (Å²) < 4.78 is 23.6. The largest absolute Gasteiger partial charge is 0.493 e. The van der Waals surface area contributed by atoms with Crippen LogP contribution in [0.15, 0.2) is 36.4 Å². The van der Waals surface area contributed by atoms with Crippen LogP contribution in [0.1, 0.15) is 11.7 Å². The molecule has 0 aliphatic carbocycles. The average Bonchev–Trinajstić information content (AvgIpc) is 2.67. The normalized spacial score (nSPS) is 12.0. The van der Waals surface area contributed by atoms with Gasteiger partial charge in [0.25, 0.3) is 0 Å². The van der Waals surface area contributed by atoms with Crippen LogP contribution in [-0.2, 0) is 0 Å². The zero-order valence-corrected chi connectivity index (χ0v) is 15.3. The van der Waals surface area contributed by atoms with Crippen LogP contribution in [0, 0.1) is 5.82 Å². The van der Waals surface area contributed by atoms with E-state index in [1.807, 2.05) is 0 Å². The number of aromatic nitrogens is 2. The Morgan fingerprint density at radius 1 is 1.11 bits per heavy atom. The number of hydrogen-bond donors (Lipinski definition) is 2. The fourth-order valence-electron chi connectivity index (χ4n) is 2.77. The highest BCUT2D eigenvalue weighted by Crippen LogP contribution is 2.34. The summed E-state index contributed by atoms with van der Waals surface area (Å²) in [5, 5.41) is 11.0. The summed E-state index contributed by atoms with van der Waals surface area (Å²) in [7, 11) is 4.83. The quantitative estimate of drug-likeness (QED) is 0.687. The first-order valence-corrected chi connectivity index (χ1v) is 8.27. The molecule has 0 bridgehead atoms. The van der Waals surface area contributed by atoms with Gasteiger partial charge in [0.1, 0.15) is 11.6 Å². The van der Waals surface area contributed by atoms with E-state index in [9.17, 15) is 9.50 Å². The SMILES string of the molecule is COc1cc2nc(N(C)CC(O)c3ccc(F)cc3)nc(N)c2cc1OC. The van der Waals surface area contributed by atoms with Gasteiger partial charge in [0.2, 0.25) is 5.95 Å². The Labute approximate surface area is 156 Å². The van der Waals surface area contributed by atoms with Gasteiger partial charge in [-0.05, 0) is 23.8 Å². The molecule has 0 saturated carbocycles. The summed E-state index contributed by atoms with van der Waals surface area (Å²) in [6.45, 7) is 0.212. The highest BCUT2D eigenvalue weighted by molar-refractivity contribution is 5.91. The minimum Gasteiger partial charge on any atom is -0.493 e. The van der Waals surface area contributed by atoms with Crippen molar-refractivity contribution in [2.75, 3.05) is 38.4 Å². The zero-order chi connectivity index (χ0) is 19.6. The fraction of sp³-hybridized carbons (Fsp3) is 0.263. The molecule has 0 aliphatic heterocycles. The molecule has 1 unspecified atom stereocenters. The van der Waals surface area contributed by atoms with Gasteiger partial charge in [0, 0.05) is 18.5 Å². The van der Waals surface area contributed by atoms with Crippen LogP contribution in [0.3, 0.4) is 0 Å². The molecule has 1 heterocycles. The van der Waals surface area contributed by atoms with E-state index in [1.165, 1.54) is 12.1 Å². The lowest BCUT2D eigenvalue weighted by atomic mass is 10.1. The summed E-state index contributed by atoms with van der Waals surface area (Å²) in [6.07, 6.45) is -0.832. The van der Waals surface area contributed by atoms with E-state index in [0.717, 1.165) is 0 Å². The maximum Gasteiger partial charge on any atom is 0.227 e. The smallest absolute Gasteiger partial charge is 0.227 e. The van der Waals surface area contributed by atoms with Crippen LogP contribution in [0.5, 0.6) is 11.5 Å². The number of benzene rings is 2. The Morgan fingerprint density at radius 3 is 2.37 bits per heavy atom. The Morgan fingerprint density at radius 2 is 1.74 bits per heavy atom. The first kappa shape index (κ1) is 18.7. The van der Waals surface area contributed by atoms with E-state index >= 15 is 0 Å². The maximum atomic E-state index is 13.0. The predicted molar refractivity (Wildman–Crippen MR) is 102 cm³/mol. The molecular weight excluding hydrogens is 351 g/mol. The molecule has 2 aromatic carbocycles. The molecule has 7 nitrogen and oxygen atoms in total. The number of fused-ring (bicyclic) bond motifs is 1. The monoisotopic (exact) mass is 372 g/mol. The van der Waals surface area contributed by atoms with Crippen molar-refractivity contribution in [2.24, 2.45) is 0 Å². The van der Waals surface area contributed by atoms with Gasteiger partial charge in [-0.25, -0.2) is 9.37 Å². The first-order chi connectivity index (χ1) is 12.9. The van der Waals surface area contributed by atoms with Gasteiger partial charge in [0.05, 0.1) is 32.4 Å². The number of likely N-dealkylation sites (N-methyl/N-ethyl adjacent to an activating group) is 1. The molecule has 3 aromatic rings. The third-order valence-electron chi connectivity index (χ3n) is 4.26. The van der Waals surface area contributed by atoms with Crippen molar-refractivity contribution in [3.63, 3.8) is 0 Å². The van der Waals surface area contributed by atoms with Crippen LogP contribution in [0.2, 0.25) is 0 Å². The van der Waals surface area contributed by atoms with E-state index in [-0.39, 0.29) is 12.4 Å². The number of methoxy groups -OCH3 is 2. The molecule has 0 aliphatic rings. The van der Waals surface area contributed by atoms with Crippen molar-refractivity contribution in [2.45, 2.75) is 6.10 Å². The number of aliphatic hydroxyl groups excluding tert-OH is 1. The summed E-state index contributed by atoms with van der Waals surface area (Å²) >= 11 is 0. The summed E-state index contributed by atoms with van der Waals surface area (Å²) in [5.74, 6) is 1.36. The van der Waals surface area contributed by atoms with Crippen LogP contribution < -0.4 is 20.1 Å². The van der Waals surface area contributed by atoms with Crippen LogP contribution in [-0.4, -0.2) is 42.9 Å². The molecule has 0 amide bonds. The molecule has 1 atom stereocenters. The van der Waals surface area contributed by atoms with Gasteiger partial charge in [0.15, 0.2) is 11.5 Å². The van der Waals surface area contributed by atoms with E-state index in [2.05, 4.69) is 9.97 Å². The second kappa shape index (κ2) is 7.63. The van der Waals surface area contributed by atoms with Gasteiger partial charge in [-0.15, -0.1) is 0 Å².